The Hall–Kier alpha value is -2.22. The zero-order chi connectivity index (χ0) is 18.8. The highest BCUT2D eigenvalue weighted by molar-refractivity contribution is 5.93. The van der Waals surface area contributed by atoms with Gasteiger partial charge in [0.1, 0.15) is 11.7 Å². The number of ether oxygens (including phenoxy) is 1. The van der Waals surface area contributed by atoms with Gasteiger partial charge in [0.15, 0.2) is 5.82 Å². The first-order chi connectivity index (χ1) is 13.1. The molecule has 0 aromatic carbocycles. The van der Waals surface area contributed by atoms with Crippen molar-refractivity contribution in [1.29, 1.82) is 0 Å². The van der Waals surface area contributed by atoms with Crippen molar-refractivity contribution >= 4 is 5.91 Å². The molecule has 1 atom stereocenters. The summed E-state index contributed by atoms with van der Waals surface area (Å²) in [5.74, 6) is 1.90. The second-order valence-corrected chi connectivity index (χ2v) is 7.62. The van der Waals surface area contributed by atoms with Crippen LogP contribution in [-0.2, 0) is 18.2 Å². The molecule has 2 aromatic heterocycles. The lowest BCUT2D eigenvalue weighted by molar-refractivity contribution is 0.0550. The van der Waals surface area contributed by atoms with Crippen molar-refractivity contribution in [3.63, 3.8) is 0 Å². The zero-order valence-electron chi connectivity index (χ0n) is 16.1. The molecule has 1 unspecified atom stereocenters. The van der Waals surface area contributed by atoms with Gasteiger partial charge in [-0.1, -0.05) is 5.16 Å². The molecule has 27 heavy (non-hydrogen) atoms. The number of rotatable bonds is 7. The summed E-state index contributed by atoms with van der Waals surface area (Å²) < 4.78 is 12.8. The molecule has 146 valence electrons. The maximum Gasteiger partial charge on any atom is 0.272 e. The number of hydrogen-bond donors (Lipinski definition) is 0. The normalized spacial score (nSPS) is 20.2. The highest BCUT2D eigenvalue weighted by Crippen LogP contribution is 2.31. The number of amides is 1. The Labute approximate surface area is 158 Å². The van der Waals surface area contributed by atoms with E-state index in [4.69, 9.17) is 9.26 Å². The molecule has 1 aliphatic heterocycles. The first-order valence-electron chi connectivity index (χ1n) is 9.83. The van der Waals surface area contributed by atoms with Crippen LogP contribution >= 0.6 is 0 Å². The van der Waals surface area contributed by atoms with Gasteiger partial charge in [0.25, 0.3) is 5.91 Å². The lowest BCUT2D eigenvalue weighted by atomic mass is 10.0. The predicted octanol–water partition coefficient (Wildman–Crippen LogP) is 2.45. The minimum Gasteiger partial charge on any atom is -0.381 e. The first-order valence-corrected chi connectivity index (χ1v) is 9.83. The molecule has 4 rings (SSSR count). The molecule has 1 amide bonds. The Morgan fingerprint density at radius 2 is 2.19 bits per heavy atom. The summed E-state index contributed by atoms with van der Waals surface area (Å²) in [5, 5.41) is 8.38. The molecular formula is C19H27N5O3. The molecule has 0 N–H and O–H groups in total. The number of likely N-dealkylation sites (tertiary alicyclic amines) is 1. The molecule has 0 bridgehead atoms. The van der Waals surface area contributed by atoms with E-state index >= 15 is 0 Å². The van der Waals surface area contributed by atoms with E-state index in [2.05, 4.69) is 15.2 Å². The Kier molecular flexibility index (Phi) is 5.24. The molecule has 2 fully saturated rings. The minimum atomic E-state index is -0.171. The van der Waals surface area contributed by atoms with Crippen LogP contribution in [-0.4, -0.2) is 50.5 Å². The van der Waals surface area contributed by atoms with Crippen LogP contribution in [0.25, 0.3) is 0 Å². The first kappa shape index (κ1) is 18.2. The number of hydrogen-bond acceptors (Lipinski definition) is 6. The molecule has 0 radical (unpaired) electrons. The molecule has 1 aliphatic carbocycles. The van der Waals surface area contributed by atoms with Gasteiger partial charge in [0.2, 0.25) is 5.89 Å². The molecule has 8 heteroatoms. The average Bonchev–Trinajstić information content (AvgIpc) is 3.27. The lowest BCUT2D eigenvalue weighted by Gasteiger charge is -2.33. The fraction of sp³-hybridized carbons (Fsp3) is 0.684. The van der Waals surface area contributed by atoms with E-state index in [9.17, 15) is 4.79 Å². The van der Waals surface area contributed by atoms with Crippen LogP contribution in [0.1, 0.15) is 66.0 Å². The molecule has 1 saturated carbocycles. The molecule has 3 heterocycles. The second kappa shape index (κ2) is 7.80. The molecular weight excluding hydrogens is 346 g/mol. The van der Waals surface area contributed by atoms with Gasteiger partial charge in [-0.05, 0) is 51.0 Å². The van der Waals surface area contributed by atoms with Gasteiger partial charge in [0, 0.05) is 26.6 Å². The van der Waals surface area contributed by atoms with Crippen LogP contribution in [0.15, 0.2) is 10.6 Å². The van der Waals surface area contributed by atoms with E-state index in [0.29, 0.717) is 37.0 Å². The number of carbonyl (C=O) groups excluding carboxylic acids is 1. The van der Waals surface area contributed by atoms with E-state index in [1.807, 2.05) is 17.9 Å². The summed E-state index contributed by atoms with van der Waals surface area (Å²) in [5.41, 5.74) is 1.42. The summed E-state index contributed by atoms with van der Waals surface area (Å²) in [6.07, 6.45) is 6.07. The maximum absolute atomic E-state index is 13.1. The van der Waals surface area contributed by atoms with Crippen LogP contribution in [0.5, 0.6) is 0 Å². The summed E-state index contributed by atoms with van der Waals surface area (Å²) in [7, 11) is 1.80. The largest absolute Gasteiger partial charge is 0.381 e. The van der Waals surface area contributed by atoms with Gasteiger partial charge in [-0.2, -0.15) is 10.1 Å². The van der Waals surface area contributed by atoms with Gasteiger partial charge >= 0.3 is 0 Å². The monoisotopic (exact) mass is 373 g/mol. The van der Waals surface area contributed by atoms with Crippen molar-refractivity contribution in [3.8, 4) is 0 Å². The second-order valence-electron chi connectivity index (χ2n) is 7.62. The minimum absolute atomic E-state index is 0.0321. The fourth-order valence-electron chi connectivity index (χ4n) is 3.59. The van der Waals surface area contributed by atoms with Crippen molar-refractivity contribution in [1.82, 2.24) is 24.8 Å². The van der Waals surface area contributed by atoms with Crippen LogP contribution in [0, 0.1) is 12.8 Å². The van der Waals surface area contributed by atoms with Crippen molar-refractivity contribution in [3.05, 3.63) is 29.2 Å². The van der Waals surface area contributed by atoms with Crippen molar-refractivity contribution in [2.24, 2.45) is 13.0 Å². The van der Waals surface area contributed by atoms with Crippen molar-refractivity contribution in [2.75, 3.05) is 19.8 Å². The predicted molar refractivity (Wildman–Crippen MR) is 97.1 cm³/mol. The van der Waals surface area contributed by atoms with Gasteiger partial charge < -0.3 is 14.2 Å². The summed E-state index contributed by atoms with van der Waals surface area (Å²) in [6.45, 7) is 4.02. The van der Waals surface area contributed by atoms with E-state index in [0.717, 1.165) is 37.5 Å². The fourth-order valence-corrected chi connectivity index (χ4v) is 3.59. The average molecular weight is 373 g/mol. The van der Waals surface area contributed by atoms with E-state index in [1.165, 1.54) is 12.8 Å². The Morgan fingerprint density at radius 3 is 2.93 bits per heavy atom. The van der Waals surface area contributed by atoms with E-state index in [1.54, 1.807) is 11.7 Å². The smallest absolute Gasteiger partial charge is 0.272 e. The van der Waals surface area contributed by atoms with Crippen molar-refractivity contribution < 1.29 is 14.1 Å². The van der Waals surface area contributed by atoms with E-state index in [-0.39, 0.29) is 11.9 Å². The standard InChI is InChI=1S/C19H27N5O3/c1-13-11-16(23(2)21-13)19(25)24-9-4-3-5-15(24)18-20-17(22-27-18)8-10-26-12-14-6-7-14/h11,14-15H,3-10,12H2,1-2H3. The van der Waals surface area contributed by atoms with Gasteiger partial charge in [0.05, 0.1) is 12.3 Å². The molecule has 0 spiro atoms. The van der Waals surface area contributed by atoms with Crippen LogP contribution in [0.3, 0.4) is 0 Å². The molecule has 2 aromatic rings. The number of carbonyl (C=O) groups is 1. The third kappa shape index (κ3) is 4.21. The van der Waals surface area contributed by atoms with Crippen molar-refractivity contribution in [2.45, 2.75) is 51.5 Å². The maximum atomic E-state index is 13.1. The number of aryl methyl sites for hydroxylation is 2. The summed E-state index contributed by atoms with van der Waals surface area (Å²) >= 11 is 0. The quantitative estimate of drug-likeness (QED) is 0.693. The Bertz CT molecular complexity index is 795. The molecule has 2 aliphatic rings. The Morgan fingerprint density at radius 1 is 1.33 bits per heavy atom. The third-order valence-electron chi connectivity index (χ3n) is 5.27. The lowest BCUT2D eigenvalue weighted by Crippen LogP contribution is -2.39. The Balaban J connectivity index is 1.42. The number of aromatic nitrogens is 4. The van der Waals surface area contributed by atoms with Crippen LogP contribution in [0.2, 0.25) is 0 Å². The number of nitrogens with zero attached hydrogens (tertiary/aromatic N) is 5. The van der Waals surface area contributed by atoms with Gasteiger partial charge in [-0.25, -0.2) is 0 Å². The number of piperidine rings is 1. The van der Waals surface area contributed by atoms with Gasteiger partial charge in [-0.15, -0.1) is 0 Å². The SMILES string of the molecule is Cc1cc(C(=O)N2CCCCC2c2nc(CCOCC3CC3)no2)n(C)n1. The van der Waals surface area contributed by atoms with Crippen LogP contribution < -0.4 is 0 Å². The van der Waals surface area contributed by atoms with Gasteiger partial charge in [-0.3, -0.25) is 9.48 Å². The summed E-state index contributed by atoms with van der Waals surface area (Å²) in [6, 6.07) is 1.65. The highest BCUT2D eigenvalue weighted by Gasteiger charge is 2.33. The molecule has 8 nitrogen and oxygen atoms in total. The molecule has 1 saturated heterocycles. The van der Waals surface area contributed by atoms with Crippen LogP contribution in [0.4, 0.5) is 0 Å². The third-order valence-corrected chi connectivity index (χ3v) is 5.27. The summed E-state index contributed by atoms with van der Waals surface area (Å²) in [4.78, 5) is 19.5. The highest BCUT2D eigenvalue weighted by atomic mass is 16.5. The zero-order valence-corrected chi connectivity index (χ0v) is 16.1. The van der Waals surface area contributed by atoms with E-state index < -0.39 is 0 Å². The topological polar surface area (TPSA) is 86.3 Å².